The van der Waals surface area contributed by atoms with Crippen LogP contribution in [0.1, 0.15) is 44.9 Å². The van der Waals surface area contributed by atoms with Crippen LogP contribution < -0.4 is 5.32 Å². The van der Waals surface area contributed by atoms with E-state index in [0.29, 0.717) is 0 Å². The van der Waals surface area contributed by atoms with Gasteiger partial charge >= 0.3 is 0 Å². The number of hydrogen-bond donors (Lipinski definition) is 1. The molecular weight excluding hydrogens is 146 g/mol. The minimum atomic E-state index is 0.947. The summed E-state index contributed by atoms with van der Waals surface area (Å²) in [5, 5.41) is 3.50. The molecule has 2 fully saturated rings. The second kappa shape index (κ2) is 4.27. The van der Waals surface area contributed by atoms with E-state index in [9.17, 15) is 0 Å². The maximum atomic E-state index is 3.50. The van der Waals surface area contributed by atoms with E-state index >= 15 is 0 Å². The predicted molar refractivity (Wildman–Crippen MR) is 51.9 cm³/mol. The quantitative estimate of drug-likeness (QED) is 0.583. The summed E-state index contributed by atoms with van der Waals surface area (Å²) < 4.78 is 0. The molecule has 1 unspecified atom stereocenters. The molecule has 2 rings (SSSR count). The lowest BCUT2D eigenvalue weighted by Crippen LogP contribution is -2.09. The van der Waals surface area contributed by atoms with Crippen molar-refractivity contribution < 1.29 is 0 Å². The summed E-state index contributed by atoms with van der Waals surface area (Å²) in [4.78, 5) is 0. The molecule has 1 aliphatic carbocycles. The fraction of sp³-hybridized carbons (Fsp3) is 0.909. The van der Waals surface area contributed by atoms with Crippen molar-refractivity contribution in [3.05, 3.63) is 5.92 Å². The molecule has 1 atom stereocenters. The lowest BCUT2D eigenvalue weighted by molar-refractivity contribution is 0.512. The minimum Gasteiger partial charge on any atom is -0.316 e. The van der Waals surface area contributed by atoms with Crippen molar-refractivity contribution in [2.24, 2.45) is 5.92 Å². The average Bonchev–Trinajstić information content (AvgIpc) is 2.50. The Hall–Kier alpha value is -0.0400. The summed E-state index contributed by atoms with van der Waals surface area (Å²) >= 11 is 0. The molecule has 0 spiro atoms. The predicted octanol–water partition coefficient (Wildman–Crippen LogP) is 2.52. The van der Waals surface area contributed by atoms with Crippen molar-refractivity contribution in [2.75, 3.05) is 13.1 Å². The molecule has 0 bridgehead atoms. The fourth-order valence-electron chi connectivity index (χ4n) is 2.57. The zero-order valence-electron chi connectivity index (χ0n) is 7.94. The van der Waals surface area contributed by atoms with E-state index in [1.807, 2.05) is 5.92 Å². The van der Waals surface area contributed by atoms with Gasteiger partial charge in [0.2, 0.25) is 0 Å². The van der Waals surface area contributed by atoms with Gasteiger partial charge in [0.1, 0.15) is 0 Å². The third-order valence-electron chi connectivity index (χ3n) is 3.37. The Morgan fingerprint density at radius 3 is 2.83 bits per heavy atom. The van der Waals surface area contributed by atoms with Gasteiger partial charge in [0.05, 0.1) is 0 Å². The van der Waals surface area contributed by atoms with Crippen LogP contribution in [-0.2, 0) is 0 Å². The Bertz CT molecular complexity index is 119. The van der Waals surface area contributed by atoms with E-state index in [2.05, 4.69) is 5.32 Å². The van der Waals surface area contributed by atoms with Gasteiger partial charge in [-0.15, -0.1) is 0 Å². The third kappa shape index (κ3) is 2.01. The zero-order chi connectivity index (χ0) is 8.23. The van der Waals surface area contributed by atoms with E-state index < -0.39 is 0 Å². The van der Waals surface area contributed by atoms with Gasteiger partial charge in [-0.1, -0.05) is 32.1 Å². The third-order valence-corrected chi connectivity index (χ3v) is 3.37. The molecule has 0 aromatic carbocycles. The summed E-state index contributed by atoms with van der Waals surface area (Å²) in [6.45, 7) is 2.50. The topological polar surface area (TPSA) is 12.0 Å². The highest BCUT2D eigenvalue weighted by atomic mass is 14.9. The molecule has 12 heavy (non-hydrogen) atoms. The molecule has 0 aromatic rings. The molecule has 69 valence electrons. The largest absolute Gasteiger partial charge is 0.316 e. The van der Waals surface area contributed by atoms with Crippen molar-refractivity contribution in [3.63, 3.8) is 0 Å². The van der Waals surface area contributed by atoms with Gasteiger partial charge in [0, 0.05) is 6.54 Å². The maximum Gasteiger partial charge on any atom is 0.00170 e. The van der Waals surface area contributed by atoms with Gasteiger partial charge in [-0.2, -0.15) is 0 Å². The first kappa shape index (κ1) is 8.55. The summed E-state index contributed by atoms with van der Waals surface area (Å²) in [5.74, 6) is 2.78. The lowest BCUT2D eigenvalue weighted by Gasteiger charge is -2.15. The molecule has 1 heteroatoms. The van der Waals surface area contributed by atoms with Gasteiger partial charge in [-0.25, -0.2) is 0 Å². The number of rotatable bonds is 0. The van der Waals surface area contributed by atoms with E-state index in [-0.39, 0.29) is 0 Å². The molecule has 0 amide bonds. The normalized spacial score (nSPS) is 33.5. The summed E-state index contributed by atoms with van der Waals surface area (Å²) in [5.41, 5.74) is 0. The van der Waals surface area contributed by atoms with Crippen LogP contribution in [0.4, 0.5) is 0 Å². The Morgan fingerprint density at radius 1 is 1.00 bits per heavy atom. The highest BCUT2D eigenvalue weighted by Gasteiger charge is 2.26. The first-order valence-corrected chi connectivity index (χ1v) is 5.52. The monoisotopic (exact) mass is 166 g/mol. The fourth-order valence-corrected chi connectivity index (χ4v) is 2.57. The molecule has 0 aromatic heterocycles. The van der Waals surface area contributed by atoms with E-state index in [4.69, 9.17) is 0 Å². The van der Waals surface area contributed by atoms with Gasteiger partial charge in [0.15, 0.2) is 0 Å². The molecule has 1 aliphatic heterocycles. The SMILES string of the molecule is C1CCC[C]2CNCC2CCC1. The highest BCUT2D eigenvalue weighted by Crippen LogP contribution is 2.31. The Morgan fingerprint density at radius 2 is 1.83 bits per heavy atom. The lowest BCUT2D eigenvalue weighted by atomic mass is 9.89. The molecule has 1 saturated heterocycles. The van der Waals surface area contributed by atoms with E-state index in [1.54, 1.807) is 0 Å². The summed E-state index contributed by atoms with van der Waals surface area (Å²) in [6.07, 6.45) is 10.2. The smallest absolute Gasteiger partial charge is 0.00170 e. The Labute approximate surface area is 75.9 Å². The summed E-state index contributed by atoms with van der Waals surface area (Å²) in [6, 6.07) is 0. The van der Waals surface area contributed by atoms with Crippen LogP contribution >= 0.6 is 0 Å². The standard InChI is InChI=1S/C11H20N/c1-2-4-6-10-8-12-9-11(10)7-5-3-1/h10,12H,1-9H2. The molecule has 1 radical (unpaired) electrons. The maximum absolute atomic E-state index is 3.50. The van der Waals surface area contributed by atoms with Crippen molar-refractivity contribution >= 4 is 0 Å². The average molecular weight is 166 g/mol. The van der Waals surface area contributed by atoms with Crippen LogP contribution in [0.2, 0.25) is 0 Å². The molecule has 1 N–H and O–H groups in total. The zero-order valence-corrected chi connectivity index (χ0v) is 7.94. The Balaban J connectivity index is 1.87. The van der Waals surface area contributed by atoms with E-state index in [0.717, 1.165) is 5.92 Å². The number of nitrogens with one attached hydrogen (secondary N) is 1. The summed E-state index contributed by atoms with van der Waals surface area (Å²) in [7, 11) is 0. The van der Waals surface area contributed by atoms with Crippen LogP contribution in [-0.4, -0.2) is 13.1 Å². The second-order valence-corrected chi connectivity index (χ2v) is 4.29. The van der Waals surface area contributed by atoms with Crippen molar-refractivity contribution in [1.82, 2.24) is 5.32 Å². The first-order chi connectivity index (χ1) is 5.97. The van der Waals surface area contributed by atoms with Gasteiger partial charge < -0.3 is 5.32 Å². The number of hydrogen-bond acceptors (Lipinski definition) is 1. The van der Waals surface area contributed by atoms with Crippen LogP contribution in [0, 0.1) is 11.8 Å². The number of fused-ring (bicyclic) bond motifs is 1. The van der Waals surface area contributed by atoms with Crippen molar-refractivity contribution in [3.8, 4) is 0 Å². The Kier molecular flexibility index (Phi) is 3.04. The van der Waals surface area contributed by atoms with Gasteiger partial charge in [0.25, 0.3) is 0 Å². The highest BCUT2D eigenvalue weighted by molar-refractivity contribution is 5.04. The molecule has 1 heterocycles. The minimum absolute atomic E-state index is 0.947. The first-order valence-electron chi connectivity index (χ1n) is 5.52. The van der Waals surface area contributed by atoms with Crippen LogP contribution in [0.25, 0.3) is 0 Å². The van der Waals surface area contributed by atoms with Gasteiger partial charge in [-0.05, 0) is 31.2 Å². The molecule has 1 saturated carbocycles. The van der Waals surface area contributed by atoms with Crippen LogP contribution in [0.15, 0.2) is 0 Å². The van der Waals surface area contributed by atoms with Crippen LogP contribution in [0.5, 0.6) is 0 Å². The van der Waals surface area contributed by atoms with Crippen molar-refractivity contribution in [1.29, 1.82) is 0 Å². The van der Waals surface area contributed by atoms with Gasteiger partial charge in [-0.3, -0.25) is 0 Å². The van der Waals surface area contributed by atoms with Crippen molar-refractivity contribution in [2.45, 2.75) is 44.9 Å². The molecule has 1 nitrogen and oxygen atoms in total. The molecular formula is C11H20N. The molecule has 2 aliphatic rings. The second-order valence-electron chi connectivity index (χ2n) is 4.29. The van der Waals surface area contributed by atoms with Crippen LogP contribution in [0.3, 0.4) is 0 Å². The van der Waals surface area contributed by atoms with E-state index in [1.165, 1.54) is 58.0 Å².